The molecule has 0 fully saturated rings. The number of carboxylic acid groups (broad SMARTS) is 1. The van der Waals surface area contributed by atoms with E-state index in [0.717, 1.165) is 18.2 Å². The first-order chi connectivity index (χ1) is 9.47. The molecule has 0 aliphatic rings. The van der Waals surface area contributed by atoms with Gasteiger partial charge in [0.2, 0.25) is 0 Å². The van der Waals surface area contributed by atoms with Crippen molar-refractivity contribution in [1.82, 2.24) is 10.2 Å². The predicted octanol–water partition coefficient (Wildman–Crippen LogP) is 0.426. The van der Waals surface area contributed by atoms with E-state index in [2.05, 4.69) is 15.5 Å². The molecule has 8 heteroatoms. The Morgan fingerprint density at radius 1 is 1.20 bits per heavy atom. The maximum atomic E-state index is 11.8. The minimum atomic E-state index is -1.28. The van der Waals surface area contributed by atoms with E-state index in [4.69, 9.17) is 5.11 Å². The van der Waals surface area contributed by atoms with Crippen molar-refractivity contribution >= 4 is 17.6 Å². The lowest BCUT2D eigenvalue weighted by Gasteiger charge is -2.06. The van der Waals surface area contributed by atoms with Gasteiger partial charge in [-0.25, -0.2) is 9.89 Å². The molecule has 1 heterocycles. The number of benzene rings is 1. The monoisotopic (exact) mass is 275 g/mol. The van der Waals surface area contributed by atoms with Gasteiger partial charge >= 0.3 is 5.97 Å². The first-order valence-corrected chi connectivity index (χ1v) is 5.41. The molecule has 4 N–H and O–H groups in total. The molecule has 20 heavy (non-hydrogen) atoms. The summed E-state index contributed by atoms with van der Waals surface area (Å²) in [6.45, 7) is 0. The summed E-state index contributed by atoms with van der Waals surface area (Å²) < 4.78 is 0. The summed E-state index contributed by atoms with van der Waals surface area (Å²) in [6, 6.07) is 5.97. The second-order valence-corrected chi connectivity index (χ2v) is 3.80. The van der Waals surface area contributed by atoms with E-state index in [0.29, 0.717) is 0 Å². The number of nitrogens with zero attached hydrogens (tertiary/aromatic N) is 1. The van der Waals surface area contributed by atoms with Crippen molar-refractivity contribution in [3.05, 3.63) is 51.9 Å². The van der Waals surface area contributed by atoms with E-state index >= 15 is 0 Å². The Labute approximate surface area is 111 Å². The number of rotatable bonds is 3. The minimum Gasteiger partial charge on any atom is -0.507 e. The molecule has 0 unspecified atom stereocenters. The van der Waals surface area contributed by atoms with Crippen LogP contribution in [0.1, 0.15) is 20.8 Å². The fourth-order valence-electron chi connectivity index (χ4n) is 1.46. The van der Waals surface area contributed by atoms with Crippen LogP contribution in [-0.4, -0.2) is 32.3 Å². The van der Waals surface area contributed by atoms with Crippen LogP contribution >= 0.6 is 0 Å². The number of nitrogens with one attached hydrogen (secondary N) is 2. The first-order valence-electron chi connectivity index (χ1n) is 5.41. The molecule has 0 spiro atoms. The highest BCUT2D eigenvalue weighted by Gasteiger charge is 2.12. The molecule has 0 saturated carbocycles. The second-order valence-electron chi connectivity index (χ2n) is 3.80. The zero-order chi connectivity index (χ0) is 14.7. The SMILES string of the molecule is O=C(Nc1ccc(C(=O)O)c(O)c1)c1ccc(=O)[nH]n1. The Bertz CT molecular complexity index is 718. The number of aromatic nitrogens is 2. The normalized spacial score (nSPS) is 10.0. The van der Waals surface area contributed by atoms with Gasteiger partial charge in [-0.05, 0) is 18.2 Å². The van der Waals surface area contributed by atoms with Gasteiger partial charge in [-0.3, -0.25) is 9.59 Å². The number of anilines is 1. The molecule has 0 aliphatic heterocycles. The van der Waals surface area contributed by atoms with E-state index in [1.54, 1.807) is 0 Å². The second kappa shape index (κ2) is 5.22. The van der Waals surface area contributed by atoms with Crippen molar-refractivity contribution in [3.63, 3.8) is 0 Å². The van der Waals surface area contributed by atoms with Gasteiger partial charge in [-0.1, -0.05) is 0 Å². The summed E-state index contributed by atoms with van der Waals surface area (Å²) in [4.78, 5) is 33.3. The average molecular weight is 275 g/mol. The third kappa shape index (κ3) is 2.80. The van der Waals surface area contributed by atoms with Gasteiger partial charge in [-0.15, -0.1) is 0 Å². The number of phenols is 1. The number of carboxylic acids is 1. The first kappa shape index (κ1) is 13.3. The smallest absolute Gasteiger partial charge is 0.339 e. The summed E-state index contributed by atoms with van der Waals surface area (Å²) in [5.74, 6) is -2.35. The predicted molar refractivity (Wildman–Crippen MR) is 67.9 cm³/mol. The molecule has 0 radical (unpaired) electrons. The number of hydrogen-bond donors (Lipinski definition) is 4. The van der Waals surface area contributed by atoms with Crippen molar-refractivity contribution < 1.29 is 19.8 Å². The zero-order valence-corrected chi connectivity index (χ0v) is 9.95. The third-order valence-corrected chi connectivity index (χ3v) is 2.40. The third-order valence-electron chi connectivity index (χ3n) is 2.40. The number of aromatic carboxylic acids is 1. The summed E-state index contributed by atoms with van der Waals surface area (Å²) in [5, 5.41) is 26.3. The largest absolute Gasteiger partial charge is 0.507 e. The van der Waals surface area contributed by atoms with Crippen molar-refractivity contribution in [1.29, 1.82) is 0 Å². The van der Waals surface area contributed by atoms with E-state index in [1.165, 1.54) is 12.1 Å². The molecule has 0 atom stereocenters. The molecule has 1 amide bonds. The summed E-state index contributed by atoms with van der Waals surface area (Å²) in [7, 11) is 0. The van der Waals surface area contributed by atoms with E-state index in [-0.39, 0.29) is 16.9 Å². The molecule has 1 aromatic carbocycles. The van der Waals surface area contributed by atoms with Crippen LogP contribution in [-0.2, 0) is 0 Å². The highest BCUT2D eigenvalue weighted by molar-refractivity contribution is 6.03. The number of carbonyl (C=O) groups is 2. The number of aromatic hydroxyl groups is 1. The van der Waals surface area contributed by atoms with Crippen LogP contribution in [0, 0.1) is 0 Å². The van der Waals surface area contributed by atoms with Crippen LogP contribution in [0.3, 0.4) is 0 Å². The van der Waals surface area contributed by atoms with Crippen LogP contribution in [0.5, 0.6) is 5.75 Å². The fourth-order valence-corrected chi connectivity index (χ4v) is 1.46. The van der Waals surface area contributed by atoms with Crippen molar-refractivity contribution in [3.8, 4) is 5.75 Å². The standard InChI is InChI=1S/C12H9N3O5/c16-9-5-6(1-2-7(9)12(19)20)13-11(18)8-3-4-10(17)15-14-8/h1-5,16H,(H,13,18)(H,15,17)(H,19,20). The Kier molecular flexibility index (Phi) is 3.47. The molecule has 0 aliphatic carbocycles. The fraction of sp³-hybridized carbons (Fsp3) is 0. The molecular weight excluding hydrogens is 266 g/mol. The maximum absolute atomic E-state index is 11.8. The number of aromatic amines is 1. The Hall–Kier alpha value is -3.16. The quantitative estimate of drug-likeness (QED) is 0.642. The Morgan fingerprint density at radius 3 is 2.50 bits per heavy atom. The lowest BCUT2D eigenvalue weighted by atomic mass is 10.2. The summed E-state index contributed by atoms with van der Waals surface area (Å²) >= 11 is 0. The average Bonchev–Trinajstić information content (AvgIpc) is 2.39. The van der Waals surface area contributed by atoms with Crippen LogP contribution in [0.2, 0.25) is 0 Å². The van der Waals surface area contributed by atoms with E-state index in [1.807, 2.05) is 0 Å². The van der Waals surface area contributed by atoms with Gasteiger partial charge in [-0.2, -0.15) is 5.10 Å². The highest BCUT2D eigenvalue weighted by Crippen LogP contribution is 2.22. The summed E-state index contributed by atoms with van der Waals surface area (Å²) in [5.41, 5.74) is -0.535. The highest BCUT2D eigenvalue weighted by atomic mass is 16.4. The number of hydrogen-bond acceptors (Lipinski definition) is 5. The molecule has 2 aromatic rings. The molecule has 8 nitrogen and oxygen atoms in total. The minimum absolute atomic E-state index is 0.0219. The topological polar surface area (TPSA) is 132 Å². The van der Waals surface area contributed by atoms with Gasteiger partial charge in [0.05, 0.1) is 0 Å². The van der Waals surface area contributed by atoms with E-state index in [9.17, 15) is 19.5 Å². The van der Waals surface area contributed by atoms with Crippen molar-refractivity contribution in [2.45, 2.75) is 0 Å². The molecule has 102 valence electrons. The van der Waals surface area contributed by atoms with Gasteiger partial charge in [0.25, 0.3) is 11.5 Å². The van der Waals surface area contributed by atoms with Gasteiger partial charge in [0, 0.05) is 17.8 Å². The van der Waals surface area contributed by atoms with Gasteiger partial charge < -0.3 is 15.5 Å². The van der Waals surface area contributed by atoms with Crippen LogP contribution in [0.15, 0.2) is 35.1 Å². The molecular formula is C12H9N3O5. The van der Waals surface area contributed by atoms with Gasteiger partial charge in [0.15, 0.2) is 0 Å². The van der Waals surface area contributed by atoms with Crippen molar-refractivity contribution in [2.75, 3.05) is 5.32 Å². The van der Waals surface area contributed by atoms with Crippen molar-refractivity contribution in [2.24, 2.45) is 0 Å². The van der Waals surface area contributed by atoms with Crippen LogP contribution in [0.4, 0.5) is 5.69 Å². The maximum Gasteiger partial charge on any atom is 0.339 e. The lowest BCUT2D eigenvalue weighted by molar-refractivity contribution is 0.0693. The number of H-pyrrole nitrogens is 1. The Balaban J connectivity index is 2.20. The molecule has 2 rings (SSSR count). The molecule has 1 aromatic heterocycles. The number of amides is 1. The zero-order valence-electron chi connectivity index (χ0n) is 9.95. The molecule has 0 saturated heterocycles. The van der Waals surface area contributed by atoms with Gasteiger partial charge in [0.1, 0.15) is 17.0 Å². The van der Waals surface area contributed by atoms with E-state index < -0.39 is 23.2 Å². The van der Waals surface area contributed by atoms with Crippen LogP contribution in [0.25, 0.3) is 0 Å². The Morgan fingerprint density at radius 2 is 1.95 bits per heavy atom. The number of carbonyl (C=O) groups excluding carboxylic acids is 1. The summed E-state index contributed by atoms with van der Waals surface area (Å²) in [6.07, 6.45) is 0. The van der Waals surface area contributed by atoms with Crippen LogP contribution < -0.4 is 10.9 Å². The molecule has 0 bridgehead atoms. The lowest BCUT2D eigenvalue weighted by Crippen LogP contribution is -2.17.